The maximum absolute atomic E-state index is 12.0. The summed E-state index contributed by atoms with van der Waals surface area (Å²) in [5.41, 5.74) is 0.0889. The molecule has 1 saturated heterocycles. The molecule has 1 amide bonds. The maximum atomic E-state index is 12.0. The first-order valence-electron chi connectivity index (χ1n) is 5.90. The normalized spacial score (nSPS) is 33.5. The zero-order valence-electron chi connectivity index (χ0n) is 9.77. The minimum atomic E-state index is -0.278. The molecule has 3 nitrogen and oxygen atoms in total. The van der Waals surface area contributed by atoms with Crippen molar-refractivity contribution in [1.82, 2.24) is 5.32 Å². The second kappa shape index (κ2) is 3.78. The average molecular weight is 211 g/mol. The minimum absolute atomic E-state index is 0.174. The van der Waals surface area contributed by atoms with Gasteiger partial charge in [0.25, 0.3) is 0 Å². The zero-order valence-corrected chi connectivity index (χ0v) is 9.77. The first-order chi connectivity index (χ1) is 7.04. The van der Waals surface area contributed by atoms with E-state index in [-0.39, 0.29) is 11.3 Å². The lowest BCUT2D eigenvalue weighted by molar-refractivity contribution is -0.131. The van der Waals surface area contributed by atoms with Crippen molar-refractivity contribution in [3.05, 3.63) is 0 Å². The summed E-state index contributed by atoms with van der Waals surface area (Å²) in [6.07, 6.45) is 4.67. The molecule has 1 atom stereocenters. The first-order valence-corrected chi connectivity index (χ1v) is 5.90. The highest BCUT2D eigenvalue weighted by molar-refractivity contribution is 5.82. The van der Waals surface area contributed by atoms with Gasteiger partial charge in [-0.15, -0.1) is 0 Å². The molecule has 1 aliphatic heterocycles. The highest BCUT2D eigenvalue weighted by Crippen LogP contribution is 2.39. The van der Waals surface area contributed by atoms with Crippen LogP contribution in [-0.2, 0) is 9.53 Å². The fraction of sp³-hybridized carbons (Fsp3) is 0.917. The molecule has 0 aromatic carbocycles. The molecule has 2 aliphatic rings. The van der Waals surface area contributed by atoms with E-state index in [0.717, 1.165) is 19.6 Å². The average Bonchev–Trinajstić information content (AvgIpc) is 2.60. The van der Waals surface area contributed by atoms with Crippen LogP contribution in [-0.4, -0.2) is 25.7 Å². The molecule has 86 valence electrons. The van der Waals surface area contributed by atoms with E-state index in [1.165, 1.54) is 19.3 Å². The molecule has 15 heavy (non-hydrogen) atoms. The Balaban J connectivity index is 1.81. The van der Waals surface area contributed by atoms with Gasteiger partial charge in [0.2, 0.25) is 5.91 Å². The monoisotopic (exact) mass is 211 g/mol. The van der Waals surface area contributed by atoms with E-state index in [4.69, 9.17) is 4.74 Å². The lowest BCUT2D eigenvalue weighted by atomic mass is 9.70. The first kappa shape index (κ1) is 10.9. The molecule has 1 saturated carbocycles. The summed E-state index contributed by atoms with van der Waals surface area (Å²) in [7, 11) is 0. The third-order valence-corrected chi connectivity index (χ3v) is 4.00. The molecule has 0 bridgehead atoms. The molecule has 0 spiro atoms. The van der Waals surface area contributed by atoms with Gasteiger partial charge in [-0.1, -0.05) is 13.3 Å². The van der Waals surface area contributed by atoms with E-state index in [0.29, 0.717) is 12.0 Å². The summed E-state index contributed by atoms with van der Waals surface area (Å²) in [5.74, 6) is 0.174. The van der Waals surface area contributed by atoms with Crippen LogP contribution >= 0.6 is 0 Å². The molecule has 3 heteroatoms. The van der Waals surface area contributed by atoms with Gasteiger partial charge in [-0.3, -0.25) is 4.79 Å². The summed E-state index contributed by atoms with van der Waals surface area (Å²) in [6.45, 7) is 6.39. The molecule has 0 radical (unpaired) electrons. The predicted octanol–water partition coefficient (Wildman–Crippen LogP) is 1.72. The zero-order chi connectivity index (χ0) is 10.9. The fourth-order valence-corrected chi connectivity index (χ4v) is 2.31. The number of amides is 1. The third kappa shape index (κ3) is 2.17. The van der Waals surface area contributed by atoms with Gasteiger partial charge in [0, 0.05) is 13.2 Å². The fourth-order valence-electron chi connectivity index (χ4n) is 2.31. The highest BCUT2D eigenvalue weighted by atomic mass is 16.5. The van der Waals surface area contributed by atoms with E-state index >= 15 is 0 Å². The number of ether oxygens (including phenoxy) is 1. The van der Waals surface area contributed by atoms with Crippen molar-refractivity contribution in [2.24, 2.45) is 10.8 Å². The Hall–Kier alpha value is -0.570. The molecule has 1 N–H and O–H groups in total. The van der Waals surface area contributed by atoms with Crippen LogP contribution in [0.15, 0.2) is 0 Å². The lowest BCUT2D eigenvalue weighted by Gasteiger charge is -2.39. The largest absolute Gasteiger partial charge is 0.380 e. The van der Waals surface area contributed by atoms with E-state index in [9.17, 15) is 4.79 Å². The van der Waals surface area contributed by atoms with E-state index in [1.54, 1.807) is 0 Å². The summed E-state index contributed by atoms with van der Waals surface area (Å²) in [4.78, 5) is 12.0. The molecule has 0 aromatic rings. The van der Waals surface area contributed by atoms with Gasteiger partial charge in [0.1, 0.15) is 0 Å². The minimum Gasteiger partial charge on any atom is -0.380 e. The Morgan fingerprint density at radius 1 is 1.33 bits per heavy atom. The molecule has 1 heterocycles. The van der Waals surface area contributed by atoms with Gasteiger partial charge in [-0.05, 0) is 31.6 Å². The van der Waals surface area contributed by atoms with Crippen LogP contribution in [0.2, 0.25) is 0 Å². The second-order valence-corrected chi connectivity index (χ2v) is 5.71. The highest BCUT2D eigenvalue weighted by Gasteiger charge is 2.39. The third-order valence-electron chi connectivity index (χ3n) is 4.00. The Labute approximate surface area is 91.6 Å². The van der Waals surface area contributed by atoms with Crippen molar-refractivity contribution >= 4 is 5.91 Å². The Bertz CT molecular complexity index is 252. The van der Waals surface area contributed by atoms with Gasteiger partial charge in [0.05, 0.1) is 12.0 Å². The quantitative estimate of drug-likeness (QED) is 0.772. The van der Waals surface area contributed by atoms with Crippen LogP contribution in [0.3, 0.4) is 0 Å². The number of hydrogen-bond donors (Lipinski definition) is 1. The van der Waals surface area contributed by atoms with Gasteiger partial charge < -0.3 is 10.1 Å². The molecule has 2 rings (SSSR count). The predicted molar refractivity (Wildman–Crippen MR) is 58.5 cm³/mol. The van der Waals surface area contributed by atoms with Crippen molar-refractivity contribution in [3.8, 4) is 0 Å². The number of carbonyl (C=O) groups excluding carboxylic acids is 1. The SMILES string of the molecule is CC1(CNC(=O)C2(C)CCOC2)CCC1. The Morgan fingerprint density at radius 2 is 2.07 bits per heavy atom. The van der Waals surface area contributed by atoms with Crippen LogP contribution in [0, 0.1) is 10.8 Å². The summed E-state index contributed by atoms with van der Waals surface area (Å²) < 4.78 is 5.29. The number of rotatable bonds is 3. The topological polar surface area (TPSA) is 38.3 Å². The Morgan fingerprint density at radius 3 is 2.53 bits per heavy atom. The maximum Gasteiger partial charge on any atom is 0.228 e. The summed E-state index contributed by atoms with van der Waals surface area (Å²) in [6, 6.07) is 0. The van der Waals surface area contributed by atoms with Gasteiger partial charge in [-0.2, -0.15) is 0 Å². The number of nitrogens with one attached hydrogen (secondary N) is 1. The van der Waals surface area contributed by atoms with Gasteiger partial charge >= 0.3 is 0 Å². The van der Waals surface area contributed by atoms with Crippen molar-refractivity contribution in [2.45, 2.75) is 39.5 Å². The van der Waals surface area contributed by atoms with Crippen molar-refractivity contribution < 1.29 is 9.53 Å². The van der Waals surface area contributed by atoms with Crippen LogP contribution in [0.1, 0.15) is 39.5 Å². The van der Waals surface area contributed by atoms with E-state index in [2.05, 4.69) is 12.2 Å². The number of hydrogen-bond acceptors (Lipinski definition) is 2. The van der Waals surface area contributed by atoms with E-state index < -0.39 is 0 Å². The molecule has 0 aromatic heterocycles. The van der Waals surface area contributed by atoms with Crippen LogP contribution in [0.4, 0.5) is 0 Å². The van der Waals surface area contributed by atoms with Crippen LogP contribution in [0.5, 0.6) is 0 Å². The standard InChI is InChI=1S/C12H21NO2/c1-11(4-3-5-11)8-13-10(14)12(2)6-7-15-9-12/h3-9H2,1-2H3,(H,13,14). The van der Waals surface area contributed by atoms with Crippen molar-refractivity contribution in [2.75, 3.05) is 19.8 Å². The lowest BCUT2D eigenvalue weighted by Crippen LogP contribution is -2.45. The molecule has 1 unspecified atom stereocenters. The van der Waals surface area contributed by atoms with Crippen molar-refractivity contribution in [3.63, 3.8) is 0 Å². The second-order valence-electron chi connectivity index (χ2n) is 5.71. The number of carbonyl (C=O) groups is 1. The van der Waals surface area contributed by atoms with Gasteiger partial charge in [0.15, 0.2) is 0 Å². The molecule has 1 aliphatic carbocycles. The molecular weight excluding hydrogens is 190 g/mol. The van der Waals surface area contributed by atoms with Crippen molar-refractivity contribution in [1.29, 1.82) is 0 Å². The van der Waals surface area contributed by atoms with Gasteiger partial charge in [-0.25, -0.2) is 0 Å². The molecule has 2 fully saturated rings. The van der Waals surface area contributed by atoms with E-state index in [1.807, 2.05) is 6.92 Å². The van der Waals surface area contributed by atoms with Crippen LogP contribution in [0.25, 0.3) is 0 Å². The summed E-state index contributed by atoms with van der Waals surface area (Å²) in [5, 5.41) is 3.09. The summed E-state index contributed by atoms with van der Waals surface area (Å²) >= 11 is 0. The molecular formula is C12H21NO2. The van der Waals surface area contributed by atoms with Crippen LogP contribution < -0.4 is 5.32 Å². The Kier molecular flexibility index (Phi) is 2.75. The smallest absolute Gasteiger partial charge is 0.228 e.